The first-order valence-electron chi connectivity index (χ1n) is 12.1. The number of carbonyl (C=O) groups excluding carboxylic acids is 4. The van der Waals surface area contributed by atoms with Gasteiger partial charge in [0.05, 0.1) is 23.6 Å². The molecule has 3 aromatic carbocycles. The Bertz CT molecular complexity index is 1530. The molecule has 0 aliphatic carbocycles. The Labute approximate surface area is 235 Å². The summed E-state index contributed by atoms with van der Waals surface area (Å²) < 4.78 is 1.65. The summed E-state index contributed by atoms with van der Waals surface area (Å²) in [5, 5.41) is 0. The first kappa shape index (κ1) is 24.7. The monoisotopic (exact) mass is 630 g/mol. The molecule has 188 valence electrons. The molecule has 38 heavy (non-hydrogen) atoms. The molecule has 0 saturated carbocycles. The summed E-state index contributed by atoms with van der Waals surface area (Å²) in [6.07, 6.45) is 5.08. The number of halogens is 2. The van der Waals surface area contributed by atoms with Gasteiger partial charge in [0.2, 0.25) is 11.8 Å². The molecular weight excluding hydrogens is 612 g/mol. The normalized spacial score (nSPS) is 23.8. The van der Waals surface area contributed by atoms with E-state index in [2.05, 4.69) is 31.9 Å². The van der Waals surface area contributed by atoms with Crippen LogP contribution in [0.15, 0.2) is 112 Å². The first-order chi connectivity index (χ1) is 18.3. The van der Waals surface area contributed by atoms with Crippen LogP contribution in [0.1, 0.15) is 20.7 Å². The van der Waals surface area contributed by atoms with Gasteiger partial charge in [-0.1, -0.05) is 80.4 Å². The molecule has 3 aliphatic heterocycles. The smallest absolute Gasteiger partial charge is 0.240 e. The zero-order valence-electron chi connectivity index (χ0n) is 19.8. The summed E-state index contributed by atoms with van der Waals surface area (Å²) in [5.41, 5.74) is 1.85. The number of amides is 2. The maximum Gasteiger partial charge on any atom is 0.240 e. The molecule has 0 N–H and O–H groups in total. The second-order valence-electron chi connectivity index (χ2n) is 9.43. The molecule has 2 fully saturated rings. The predicted molar refractivity (Wildman–Crippen MR) is 149 cm³/mol. The molecule has 6 rings (SSSR count). The highest BCUT2D eigenvalue weighted by Gasteiger charge is 2.63. The number of hydrogen-bond acceptors (Lipinski definition) is 5. The first-order valence-corrected chi connectivity index (χ1v) is 13.6. The fourth-order valence-electron chi connectivity index (χ4n) is 5.58. The van der Waals surface area contributed by atoms with Crippen LogP contribution in [-0.2, 0) is 9.59 Å². The molecule has 2 saturated heterocycles. The van der Waals surface area contributed by atoms with Crippen molar-refractivity contribution in [2.45, 2.75) is 12.1 Å². The zero-order valence-corrected chi connectivity index (χ0v) is 23.0. The van der Waals surface area contributed by atoms with E-state index in [1.807, 2.05) is 6.07 Å². The highest BCUT2D eigenvalue weighted by Crippen LogP contribution is 2.47. The number of Topliss-reactive ketones (excluding diaryl/α,β-unsaturated/α-hetero) is 2. The highest BCUT2D eigenvalue weighted by atomic mass is 79.9. The number of benzene rings is 3. The molecule has 0 bridgehead atoms. The van der Waals surface area contributed by atoms with Crippen LogP contribution in [0.4, 0.5) is 5.69 Å². The van der Waals surface area contributed by atoms with Crippen molar-refractivity contribution in [3.8, 4) is 0 Å². The second kappa shape index (κ2) is 9.60. The number of rotatable bonds is 5. The van der Waals surface area contributed by atoms with E-state index >= 15 is 0 Å². The van der Waals surface area contributed by atoms with E-state index in [1.54, 1.807) is 96.0 Å². The number of allylic oxidation sites excluding steroid dienone is 2. The van der Waals surface area contributed by atoms with E-state index in [0.717, 1.165) is 8.95 Å². The third-order valence-electron chi connectivity index (χ3n) is 7.33. The number of fused-ring (bicyclic) bond motifs is 3. The van der Waals surface area contributed by atoms with Gasteiger partial charge in [0.25, 0.3) is 0 Å². The van der Waals surface area contributed by atoms with Crippen molar-refractivity contribution in [3.63, 3.8) is 0 Å². The van der Waals surface area contributed by atoms with Crippen LogP contribution in [0, 0.1) is 11.8 Å². The summed E-state index contributed by atoms with van der Waals surface area (Å²) in [6.45, 7) is 0. The molecule has 2 amide bonds. The second-order valence-corrected chi connectivity index (χ2v) is 11.3. The van der Waals surface area contributed by atoms with Crippen molar-refractivity contribution < 1.29 is 19.2 Å². The molecule has 4 atom stereocenters. The molecule has 3 heterocycles. The van der Waals surface area contributed by atoms with E-state index in [1.165, 1.54) is 4.90 Å². The largest absolute Gasteiger partial charge is 0.359 e. The minimum Gasteiger partial charge on any atom is -0.359 e. The van der Waals surface area contributed by atoms with Crippen molar-refractivity contribution in [2.75, 3.05) is 4.90 Å². The van der Waals surface area contributed by atoms with E-state index in [4.69, 9.17) is 0 Å². The fourth-order valence-corrected chi connectivity index (χ4v) is 6.11. The number of hydrogen-bond donors (Lipinski definition) is 0. The van der Waals surface area contributed by atoms with Gasteiger partial charge in [-0.05, 0) is 42.5 Å². The van der Waals surface area contributed by atoms with Crippen LogP contribution in [0.25, 0.3) is 0 Å². The Balaban J connectivity index is 1.43. The Hall–Kier alpha value is -3.62. The van der Waals surface area contributed by atoms with Gasteiger partial charge in [-0.25, -0.2) is 4.90 Å². The van der Waals surface area contributed by atoms with E-state index in [-0.39, 0.29) is 17.5 Å². The quantitative estimate of drug-likeness (QED) is 0.271. The molecule has 3 aliphatic rings. The topological polar surface area (TPSA) is 74.8 Å². The van der Waals surface area contributed by atoms with Gasteiger partial charge in [-0.2, -0.15) is 0 Å². The lowest BCUT2D eigenvalue weighted by molar-refractivity contribution is -0.123. The number of imide groups is 1. The molecule has 6 nitrogen and oxygen atoms in total. The molecule has 0 radical (unpaired) electrons. The maximum absolute atomic E-state index is 13.9. The Morgan fingerprint density at radius 1 is 0.711 bits per heavy atom. The van der Waals surface area contributed by atoms with Gasteiger partial charge in [-0.15, -0.1) is 0 Å². The van der Waals surface area contributed by atoms with Crippen LogP contribution in [-0.4, -0.2) is 40.4 Å². The van der Waals surface area contributed by atoms with Gasteiger partial charge in [-0.3, -0.25) is 19.2 Å². The molecule has 0 spiro atoms. The Kier molecular flexibility index (Phi) is 6.24. The zero-order chi connectivity index (χ0) is 26.6. The highest BCUT2D eigenvalue weighted by molar-refractivity contribution is 9.10. The average Bonchev–Trinajstić information content (AvgIpc) is 3.41. The van der Waals surface area contributed by atoms with Gasteiger partial charge in [0.15, 0.2) is 11.6 Å². The Morgan fingerprint density at radius 2 is 1.32 bits per heavy atom. The van der Waals surface area contributed by atoms with E-state index in [9.17, 15) is 19.2 Å². The van der Waals surface area contributed by atoms with Gasteiger partial charge in [0.1, 0.15) is 6.04 Å². The van der Waals surface area contributed by atoms with Crippen LogP contribution >= 0.6 is 31.9 Å². The van der Waals surface area contributed by atoms with Crippen LogP contribution in [0.2, 0.25) is 0 Å². The van der Waals surface area contributed by atoms with Crippen molar-refractivity contribution in [1.29, 1.82) is 0 Å². The minimum atomic E-state index is -0.889. The van der Waals surface area contributed by atoms with Crippen LogP contribution in [0.3, 0.4) is 0 Å². The minimum absolute atomic E-state index is 0.178. The van der Waals surface area contributed by atoms with Crippen LogP contribution in [0.5, 0.6) is 0 Å². The summed E-state index contributed by atoms with van der Waals surface area (Å²) in [5.74, 6) is -2.91. The summed E-state index contributed by atoms with van der Waals surface area (Å²) in [4.78, 5) is 57.8. The van der Waals surface area contributed by atoms with Gasteiger partial charge >= 0.3 is 0 Å². The number of nitrogens with zero attached hydrogens (tertiary/aromatic N) is 2. The molecule has 0 unspecified atom stereocenters. The fraction of sp³-hybridized carbons (Fsp3) is 0.133. The van der Waals surface area contributed by atoms with Gasteiger partial charge < -0.3 is 4.90 Å². The van der Waals surface area contributed by atoms with E-state index < -0.39 is 29.8 Å². The Morgan fingerprint density at radius 3 is 1.97 bits per heavy atom. The summed E-state index contributed by atoms with van der Waals surface area (Å²) in [6, 6.07) is 21.3. The SMILES string of the molecule is O=C(C1=C[C@@H]2[C@@H]3C(=O)N(c4ccc(Br)cc4)C(=O)[C@H]3[C@@H](C(=O)c3ccc(Br)cc3)N2C=C1)c1ccccc1. The summed E-state index contributed by atoms with van der Waals surface area (Å²) in [7, 11) is 0. The van der Waals surface area contributed by atoms with E-state index in [0.29, 0.717) is 22.4 Å². The molecule has 3 aromatic rings. The van der Waals surface area contributed by atoms with Crippen molar-refractivity contribution in [2.24, 2.45) is 11.8 Å². The standard InChI is InChI=1S/C30H20Br2N2O4/c31-20-8-6-18(7-9-20)28(36)26-25-24(29(37)34(30(25)38)22-12-10-21(32)11-13-22)23-16-19(14-15-33(23)26)27(35)17-4-2-1-3-5-17/h1-16,23-26H/t23-,24+,25-,26+/m1/s1. The lowest BCUT2D eigenvalue weighted by Gasteiger charge is -2.32. The van der Waals surface area contributed by atoms with Crippen molar-refractivity contribution >= 4 is 60.9 Å². The number of ketones is 2. The molecule has 0 aromatic heterocycles. The molecular formula is C30H20Br2N2O4. The lowest BCUT2D eigenvalue weighted by atomic mass is 9.85. The summed E-state index contributed by atoms with van der Waals surface area (Å²) >= 11 is 6.78. The third kappa shape index (κ3) is 3.99. The molecule has 8 heteroatoms. The predicted octanol–water partition coefficient (Wildman–Crippen LogP) is 5.59. The lowest BCUT2D eigenvalue weighted by Crippen LogP contribution is -2.46. The van der Waals surface area contributed by atoms with Crippen molar-refractivity contribution in [1.82, 2.24) is 4.90 Å². The van der Waals surface area contributed by atoms with Crippen molar-refractivity contribution in [3.05, 3.63) is 123 Å². The third-order valence-corrected chi connectivity index (χ3v) is 8.39. The average molecular weight is 632 g/mol. The number of carbonyl (C=O) groups is 4. The number of anilines is 1. The van der Waals surface area contributed by atoms with Crippen LogP contribution < -0.4 is 4.90 Å². The maximum atomic E-state index is 13.9. The van der Waals surface area contributed by atoms with Gasteiger partial charge in [0, 0.05) is 31.8 Å².